The summed E-state index contributed by atoms with van der Waals surface area (Å²) < 4.78 is 1.92. The van der Waals surface area contributed by atoms with Gasteiger partial charge in [0.05, 0.1) is 18.4 Å². The van der Waals surface area contributed by atoms with Crippen LogP contribution >= 0.6 is 11.3 Å². The van der Waals surface area contributed by atoms with Crippen molar-refractivity contribution in [1.29, 1.82) is 0 Å². The zero-order valence-electron chi connectivity index (χ0n) is 14.2. The molecule has 3 heterocycles. The first kappa shape index (κ1) is 16.4. The monoisotopic (exact) mass is 353 g/mol. The molecule has 0 saturated carbocycles. The van der Waals surface area contributed by atoms with Crippen molar-refractivity contribution >= 4 is 11.3 Å². The average Bonchev–Trinajstić information content (AvgIpc) is 3.28. The summed E-state index contributed by atoms with van der Waals surface area (Å²) in [5, 5.41) is 12.9. The van der Waals surface area contributed by atoms with Gasteiger partial charge in [-0.05, 0) is 52.9 Å². The summed E-state index contributed by atoms with van der Waals surface area (Å²) in [5.41, 5.74) is 10.8. The van der Waals surface area contributed by atoms with E-state index in [-0.39, 0.29) is 0 Å². The van der Waals surface area contributed by atoms with Crippen molar-refractivity contribution in [3.05, 3.63) is 58.5 Å². The van der Waals surface area contributed by atoms with Crippen LogP contribution in [0.5, 0.6) is 0 Å². The summed E-state index contributed by atoms with van der Waals surface area (Å²) in [5.74, 6) is 0. The van der Waals surface area contributed by atoms with Gasteiger partial charge in [-0.3, -0.25) is 4.90 Å². The van der Waals surface area contributed by atoms with Gasteiger partial charge < -0.3 is 5.73 Å². The van der Waals surface area contributed by atoms with Crippen molar-refractivity contribution in [2.45, 2.75) is 32.0 Å². The molecule has 2 aromatic heterocycles. The van der Waals surface area contributed by atoms with Gasteiger partial charge in [-0.2, -0.15) is 11.3 Å². The molecule has 3 aromatic rings. The van der Waals surface area contributed by atoms with Gasteiger partial charge in [0.2, 0.25) is 0 Å². The summed E-state index contributed by atoms with van der Waals surface area (Å²) in [6.45, 7) is 3.64. The molecule has 25 heavy (non-hydrogen) atoms. The maximum atomic E-state index is 6.05. The van der Waals surface area contributed by atoms with Crippen molar-refractivity contribution in [2.75, 3.05) is 13.1 Å². The third-order valence-corrected chi connectivity index (χ3v) is 5.35. The molecular weight excluding hydrogens is 330 g/mol. The second kappa shape index (κ2) is 7.47. The van der Waals surface area contributed by atoms with Crippen LogP contribution in [0.25, 0.3) is 11.1 Å². The van der Waals surface area contributed by atoms with Gasteiger partial charge in [0, 0.05) is 19.1 Å². The Morgan fingerprint density at radius 3 is 2.76 bits per heavy atom. The first-order valence-electron chi connectivity index (χ1n) is 8.75. The van der Waals surface area contributed by atoms with Gasteiger partial charge in [-0.15, -0.1) is 5.10 Å². The standard InChI is InChI=1S/C19H23N5S/c20-18-2-1-8-23(11-18)12-19-13-24(22-21-19)10-15-3-5-16(6-4-15)17-7-9-25-14-17/h3-7,9,13-14,18H,1-2,8,10-12,20H2. The molecule has 2 N–H and O–H groups in total. The SMILES string of the molecule is NC1CCCN(Cc2cn(Cc3ccc(-c4ccsc4)cc3)nn2)C1. The fourth-order valence-electron chi connectivity index (χ4n) is 3.37. The van der Waals surface area contributed by atoms with E-state index in [1.54, 1.807) is 11.3 Å². The predicted octanol–water partition coefficient (Wildman–Crippen LogP) is 2.98. The van der Waals surface area contributed by atoms with E-state index in [1.807, 2.05) is 10.9 Å². The maximum absolute atomic E-state index is 6.05. The molecule has 1 saturated heterocycles. The molecule has 0 amide bonds. The maximum Gasteiger partial charge on any atom is 0.0967 e. The van der Waals surface area contributed by atoms with Crippen molar-refractivity contribution < 1.29 is 0 Å². The Balaban J connectivity index is 1.37. The number of hydrogen-bond donors (Lipinski definition) is 1. The van der Waals surface area contributed by atoms with Crippen molar-refractivity contribution in [3.63, 3.8) is 0 Å². The quantitative estimate of drug-likeness (QED) is 0.766. The third kappa shape index (κ3) is 4.15. The van der Waals surface area contributed by atoms with Crippen LogP contribution in [0.1, 0.15) is 24.1 Å². The third-order valence-electron chi connectivity index (χ3n) is 4.67. The number of rotatable bonds is 5. The van der Waals surface area contributed by atoms with E-state index in [0.29, 0.717) is 6.04 Å². The highest BCUT2D eigenvalue weighted by Gasteiger charge is 2.17. The lowest BCUT2D eigenvalue weighted by atomic mass is 10.1. The van der Waals surface area contributed by atoms with E-state index in [2.05, 4.69) is 56.3 Å². The van der Waals surface area contributed by atoms with Crippen LogP contribution in [-0.4, -0.2) is 39.0 Å². The molecule has 130 valence electrons. The van der Waals surface area contributed by atoms with Crippen LogP contribution in [0.3, 0.4) is 0 Å². The molecule has 0 bridgehead atoms. The number of hydrogen-bond acceptors (Lipinski definition) is 5. The molecule has 1 atom stereocenters. The number of likely N-dealkylation sites (tertiary alicyclic amines) is 1. The lowest BCUT2D eigenvalue weighted by Crippen LogP contribution is -2.42. The lowest BCUT2D eigenvalue weighted by Gasteiger charge is -2.29. The molecule has 0 aliphatic carbocycles. The minimum atomic E-state index is 0.297. The van der Waals surface area contributed by atoms with Gasteiger partial charge in [0.25, 0.3) is 0 Å². The van der Waals surface area contributed by atoms with Gasteiger partial charge in [-0.1, -0.05) is 29.5 Å². The normalized spacial score (nSPS) is 18.5. The van der Waals surface area contributed by atoms with Crippen LogP contribution in [0.4, 0.5) is 0 Å². The summed E-state index contributed by atoms with van der Waals surface area (Å²) in [6, 6.07) is 11.1. The van der Waals surface area contributed by atoms with E-state index in [4.69, 9.17) is 5.73 Å². The highest BCUT2D eigenvalue weighted by Crippen LogP contribution is 2.22. The molecule has 1 fully saturated rings. The van der Waals surface area contributed by atoms with Crippen molar-refractivity contribution in [3.8, 4) is 11.1 Å². The van der Waals surface area contributed by atoms with Crippen LogP contribution in [-0.2, 0) is 13.1 Å². The Morgan fingerprint density at radius 2 is 2.00 bits per heavy atom. The Labute approximate surface area is 152 Å². The Morgan fingerprint density at radius 1 is 1.12 bits per heavy atom. The minimum Gasteiger partial charge on any atom is -0.327 e. The Bertz CT molecular complexity index is 794. The highest BCUT2D eigenvalue weighted by atomic mass is 32.1. The molecule has 0 spiro atoms. The minimum absolute atomic E-state index is 0.297. The summed E-state index contributed by atoms with van der Waals surface area (Å²) in [4.78, 5) is 2.37. The molecule has 1 aliphatic rings. The zero-order chi connectivity index (χ0) is 17.1. The van der Waals surface area contributed by atoms with Crippen LogP contribution in [0.2, 0.25) is 0 Å². The van der Waals surface area contributed by atoms with Crippen LogP contribution in [0, 0.1) is 0 Å². The molecule has 1 unspecified atom stereocenters. The number of aromatic nitrogens is 3. The smallest absolute Gasteiger partial charge is 0.0967 e. The largest absolute Gasteiger partial charge is 0.327 e. The van der Waals surface area contributed by atoms with E-state index in [9.17, 15) is 0 Å². The molecule has 4 rings (SSSR count). The topological polar surface area (TPSA) is 60.0 Å². The molecule has 1 aromatic carbocycles. The molecule has 0 radical (unpaired) electrons. The fraction of sp³-hybridized carbons (Fsp3) is 0.368. The van der Waals surface area contributed by atoms with Crippen molar-refractivity contribution in [1.82, 2.24) is 19.9 Å². The molecule has 6 heteroatoms. The first-order chi connectivity index (χ1) is 12.3. The number of nitrogens with zero attached hydrogens (tertiary/aromatic N) is 4. The fourth-order valence-corrected chi connectivity index (χ4v) is 4.04. The zero-order valence-corrected chi connectivity index (χ0v) is 15.0. The number of nitrogens with two attached hydrogens (primary N) is 1. The van der Waals surface area contributed by atoms with Gasteiger partial charge >= 0.3 is 0 Å². The summed E-state index contributed by atoms with van der Waals surface area (Å²) in [6.07, 6.45) is 4.35. The lowest BCUT2D eigenvalue weighted by molar-refractivity contribution is 0.199. The number of benzene rings is 1. The van der Waals surface area contributed by atoms with Gasteiger partial charge in [0.1, 0.15) is 0 Å². The molecule has 5 nitrogen and oxygen atoms in total. The number of thiophene rings is 1. The summed E-state index contributed by atoms with van der Waals surface area (Å²) >= 11 is 1.72. The molecular formula is C19H23N5S. The summed E-state index contributed by atoms with van der Waals surface area (Å²) in [7, 11) is 0. The Kier molecular flexibility index (Phi) is 4.92. The van der Waals surface area contributed by atoms with E-state index < -0.39 is 0 Å². The van der Waals surface area contributed by atoms with E-state index >= 15 is 0 Å². The highest BCUT2D eigenvalue weighted by molar-refractivity contribution is 7.08. The van der Waals surface area contributed by atoms with Crippen molar-refractivity contribution in [2.24, 2.45) is 5.73 Å². The van der Waals surface area contributed by atoms with E-state index in [0.717, 1.165) is 38.3 Å². The van der Waals surface area contributed by atoms with Crippen LogP contribution < -0.4 is 5.73 Å². The first-order valence-corrected chi connectivity index (χ1v) is 9.69. The average molecular weight is 353 g/mol. The van der Waals surface area contributed by atoms with Gasteiger partial charge in [0.15, 0.2) is 0 Å². The second-order valence-corrected chi connectivity index (χ2v) is 7.53. The predicted molar refractivity (Wildman–Crippen MR) is 101 cm³/mol. The number of piperidine rings is 1. The Hall–Kier alpha value is -2.02. The van der Waals surface area contributed by atoms with Gasteiger partial charge in [-0.25, -0.2) is 4.68 Å². The molecule has 1 aliphatic heterocycles. The van der Waals surface area contributed by atoms with Crippen LogP contribution in [0.15, 0.2) is 47.3 Å². The van der Waals surface area contributed by atoms with E-state index in [1.165, 1.54) is 23.1 Å². The second-order valence-electron chi connectivity index (χ2n) is 6.75.